The lowest BCUT2D eigenvalue weighted by Gasteiger charge is -2.08. The van der Waals surface area contributed by atoms with Crippen LogP contribution in [0.5, 0.6) is 0 Å². The molecule has 5 heteroatoms. The van der Waals surface area contributed by atoms with Gasteiger partial charge in [0.2, 0.25) is 0 Å². The summed E-state index contributed by atoms with van der Waals surface area (Å²) in [7, 11) is 0. The Hall–Kier alpha value is -1.36. The van der Waals surface area contributed by atoms with Crippen molar-refractivity contribution in [1.29, 1.82) is 0 Å². The molecular formula is C13H17BrN4. The lowest BCUT2D eigenvalue weighted by atomic mass is 10.2. The summed E-state index contributed by atoms with van der Waals surface area (Å²) in [6.45, 7) is 7.15. The van der Waals surface area contributed by atoms with Crippen LogP contribution in [0.25, 0.3) is 11.3 Å². The molecule has 2 rings (SSSR count). The standard InChI is InChI=1S/C13H17BrN4/c1-4-18-12(15)11(17-13(18)8(2)3)9-5-10(14)7-16-6-9/h5-8H,4,15H2,1-3H3. The quantitative estimate of drug-likeness (QED) is 0.945. The second kappa shape index (κ2) is 5.10. The highest BCUT2D eigenvalue weighted by atomic mass is 79.9. The zero-order valence-corrected chi connectivity index (χ0v) is 12.4. The number of aromatic nitrogens is 3. The van der Waals surface area contributed by atoms with Gasteiger partial charge in [0, 0.05) is 34.9 Å². The van der Waals surface area contributed by atoms with Crippen molar-refractivity contribution in [3.63, 3.8) is 0 Å². The highest BCUT2D eigenvalue weighted by molar-refractivity contribution is 9.10. The van der Waals surface area contributed by atoms with Crippen LogP contribution in [0.4, 0.5) is 5.82 Å². The Labute approximate surface area is 115 Å². The van der Waals surface area contributed by atoms with E-state index in [9.17, 15) is 0 Å². The van der Waals surface area contributed by atoms with Crippen molar-refractivity contribution < 1.29 is 0 Å². The molecule has 0 radical (unpaired) electrons. The molecule has 0 amide bonds. The fraction of sp³-hybridized carbons (Fsp3) is 0.385. The van der Waals surface area contributed by atoms with Gasteiger partial charge in [-0.05, 0) is 28.9 Å². The third kappa shape index (κ3) is 2.27. The van der Waals surface area contributed by atoms with Crippen molar-refractivity contribution in [1.82, 2.24) is 14.5 Å². The summed E-state index contributed by atoms with van der Waals surface area (Å²) >= 11 is 3.42. The lowest BCUT2D eigenvalue weighted by molar-refractivity contribution is 0.658. The van der Waals surface area contributed by atoms with E-state index in [0.29, 0.717) is 11.7 Å². The number of nitrogen functional groups attached to an aromatic ring is 1. The summed E-state index contributed by atoms with van der Waals surface area (Å²) < 4.78 is 2.98. The van der Waals surface area contributed by atoms with Gasteiger partial charge in [-0.1, -0.05) is 13.8 Å². The molecule has 96 valence electrons. The average Bonchev–Trinajstić information content (AvgIpc) is 2.66. The normalized spacial score (nSPS) is 11.2. The van der Waals surface area contributed by atoms with Crippen LogP contribution in [0.3, 0.4) is 0 Å². The largest absolute Gasteiger partial charge is 0.383 e. The summed E-state index contributed by atoms with van der Waals surface area (Å²) in [5.74, 6) is 2.08. The number of hydrogen-bond acceptors (Lipinski definition) is 3. The number of hydrogen-bond donors (Lipinski definition) is 1. The Morgan fingerprint density at radius 3 is 2.61 bits per heavy atom. The van der Waals surface area contributed by atoms with Gasteiger partial charge in [-0.15, -0.1) is 0 Å². The summed E-state index contributed by atoms with van der Waals surface area (Å²) in [6, 6.07) is 1.98. The maximum absolute atomic E-state index is 6.19. The predicted octanol–water partition coefficient (Wildman–Crippen LogP) is 3.43. The molecule has 0 aromatic carbocycles. The van der Waals surface area contributed by atoms with E-state index in [1.807, 2.05) is 6.07 Å². The second-order valence-corrected chi connectivity index (χ2v) is 5.41. The minimum absolute atomic E-state index is 0.348. The summed E-state index contributed by atoms with van der Waals surface area (Å²) in [5, 5.41) is 0. The van der Waals surface area contributed by atoms with Crippen LogP contribution in [0.1, 0.15) is 32.5 Å². The Morgan fingerprint density at radius 1 is 1.39 bits per heavy atom. The van der Waals surface area contributed by atoms with Gasteiger partial charge < -0.3 is 10.3 Å². The van der Waals surface area contributed by atoms with Crippen LogP contribution in [0.2, 0.25) is 0 Å². The zero-order chi connectivity index (χ0) is 13.3. The van der Waals surface area contributed by atoms with E-state index >= 15 is 0 Å². The van der Waals surface area contributed by atoms with Gasteiger partial charge in [0.25, 0.3) is 0 Å². The van der Waals surface area contributed by atoms with Crippen molar-refractivity contribution in [3.8, 4) is 11.3 Å². The molecule has 0 aliphatic heterocycles. The number of halogens is 1. The first kappa shape index (κ1) is 13.1. The molecule has 2 N–H and O–H groups in total. The fourth-order valence-electron chi connectivity index (χ4n) is 2.01. The maximum Gasteiger partial charge on any atom is 0.131 e. The predicted molar refractivity (Wildman–Crippen MR) is 77.3 cm³/mol. The van der Waals surface area contributed by atoms with Gasteiger partial charge in [0.1, 0.15) is 17.3 Å². The van der Waals surface area contributed by atoms with E-state index in [1.165, 1.54) is 0 Å². The average molecular weight is 309 g/mol. The van der Waals surface area contributed by atoms with E-state index in [0.717, 1.165) is 28.1 Å². The highest BCUT2D eigenvalue weighted by Crippen LogP contribution is 2.30. The van der Waals surface area contributed by atoms with E-state index < -0.39 is 0 Å². The first-order valence-corrected chi connectivity index (χ1v) is 6.80. The van der Waals surface area contributed by atoms with Crippen LogP contribution in [0, 0.1) is 0 Å². The molecule has 0 bridgehead atoms. The third-order valence-electron chi connectivity index (χ3n) is 2.85. The molecule has 0 aliphatic carbocycles. The molecule has 4 nitrogen and oxygen atoms in total. The number of nitrogens with two attached hydrogens (primary N) is 1. The third-order valence-corrected chi connectivity index (χ3v) is 3.28. The van der Waals surface area contributed by atoms with Gasteiger partial charge in [0.15, 0.2) is 0 Å². The Morgan fingerprint density at radius 2 is 2.11 bits per heavy atom. The SMILES string of the molecule is CCn1c(C(C)C)nc(-c2cncc(Br)c2)c1N. The van der Waals surface area contributed by atoms with Crippen molar-refractivity contribution in [2.24, 2.45) is 0 Å². The molecule has 0 aliphatic rings. The minimum Gasteiger partial charge on any atom is -0.383 e. The first-order chi connectivity index (χ1) is 8.54. The van der Waals surface area contributed by atoms with Crippen molar-refractivity contribution >= 4 is 21.7 Å². The molecule has 0 saturated heterocycles. The van der Waals surface area contributed by atoms with Gasteiger partial charge in [-0.2, -0.15) is 0 Å². The minimum atomic E-state index is 0.348. The summed E-state index contributed by atoms with van der Waals surface area (Å²) in [4.78, 5) is 8.83. The van der Waals surface area contributed by atoms with Crippen LogP contribution in [-0.4, -0.2) is 14.5 Å². The molecule has 0 unspecified atom stereocenters. The van der Waals surface area contributed by atoms with Gasteiger partial charge in [0.05, 0.1) is 0 Å². The number of rotatable bonds is 3. The Bertz CT molecular complexity index is 560. The molecule has 2 aromatic heterocycles. The van der Waals surface area contributed by atoms with E-state index in [-0.39, 0.29) is 0 Å². The Balaban J connectivity index is 2.59. The molecule has 0 spiro atoms. The molecular weight excluding hydrogens is 292 g/mol. The molecule has 2 aromatic rings. The van der Waals surface area contributed by atoms with Gasteiger partial charge >= 0.3 is 0 Å². The maximum atomic E-state index is 6.19. The molecule has 18 heavy (non-hydrogen) atoms. The number of pyridine rings is 1. The number of anilines is 1. The van der Waals surface area contributed by atoms with Crippen LogP contribution < -0.4 is 5.73 Å². The topological polar surface area (TPSA) is 56.7 Å². The highest BCUT2D eigenvalue weighted by Gasteiger charge is 2.17. The van der Waals surface area contributed by atoms with E-state index in [1.54, 1.807) is 12.4 Å². The molecule has 0 saturated carbocycles. The zero-order valence-electron chi connectivity index (χ0n) is 10.8. The second-order valence-electron chi connectivity index (χ2n) is 4.49. The van der Waals surface area contributed by atoms with Crippen molar-refractivity contribution in [3.05, 3.63) is 28.8 Å². The van der Waals surface area contributed by atoms with Crippen LogP contribution >= 0.6 is 15.9 Å². The van der Waals surface area contributed by atoms with Crippen LogP contribution in [-0.2, 0) is 6.54 Å². The van der Waals surface area contributed by atoms with E-state index in [2.05, 4.69) is 51.2 Å². The summed E-state index contributed by atoms with van der Waals surface area (Å²) in [6.07, 6.45) is 3.54. The molecule has 0 atom stereocenters. The van der Waals surface area contributed by atoms with E-state index in [4.69, 9.17) is 5.73 Å². The number of imidazole rings is 1. The van der Waals surface area contributed by atoms with Crippen molar-refractivity contribution in [2.45, 2.75) is 33.2 Å². The smallest absolute Gasteiger partial charge is 0.131 e. The molecule has 0 fully saturated rings. The monoisotopic (exact) mass is 308 g/mol. The first-order valence-electron chi connectivity index (χ1n) is 6.01. The van der Waals surface area contributed by atoms with Crippen molar-refractivity contribution in [2.75, 3.05) is 5.73 Å². The Kier molecular flexibility index (Phi) is 3.71. The fourth-order valence-corrected chi connectivity index (χ4v) is 2.38. The lowest BCUT2D eigenvalue weighted by Crippen LogP contribution is -2.06. The van der Waals surface area contributed by atoms with Gasteiger partial charge in [-0.3, -0.25) is 4.98 Å². The number of nitrogens with zero attached hydrogens (tertiary/aromatic N) is 3. The summed E-state index contributed by atoms with van der Waals surface area (Å²) in [5.41, 5.74) is 7.95. The van der Waals surface area contributed by atoms with Gasteiger partial charge in [-0.25, -0.2) is 4.98 Å². The molecule has 2 heterocycles. The van der Waals surface area contributed by atoms with Crippen LogP contribution in [0.15, 0.2) is 22.9 Å².